The number of benzene rings is 4. The van der Waals surface area contributed by atoms with Crippen LogP contribution in [0.25, 0.3) is 50.1 Å². The summed E-state index contributed by atoms with van der Waals surface area (Å²) in [5.74, 6) is -1.69. The number of methoxy groups -OCH3 is 1. The molecule has 0 spiro atoms. The van der Waals surface area contributed by atoms with Crippen LogP contribution in [-0.4, -0.2) is 50.5 Å². The van der Waals surface area contributed by atoms with Gasteiger partial charge in [-0.1, -0.05) is 0 Å². The van der Waals surface area contributed by atoms with Crippen LogP contribution in [0.15, 0.2) is 71.1 Å². The van der Waals surface area contributed by atoms with E-state index in [1.54, 1.807) is 25.2 Å². The molecule has 0 saturated carbocycles. The summed E-state index contributed by atoms with van der Waals surface area (Å²) in [6.07, 6.45) is -0.185. The largest absolute Gasteiger partial charge is 0.494 e. The molecular formula is C32H28F3N5O5S. The molecule has 0 aliphatic carbocycles. The van der Waals surface area contributed by atoms with E-state index in [2.05, 4.69) is 10.3 Å². The molecule has 2 aromatic heterocycles. The third-order valence-electron chi connectivity index (χ3n) is 7.72. The first kappa shape index (κ1) is 31.0. The molecule has 0 aliphatic rings. The van der Waals surface area contributed by atoms with E-state index in [-0.39, 0.29) is 34.4 Å². The number of nitrogens with zero attached hydrogens (tertiary/aromatic N) is 3. The minimum absolute atomic E-state index is 0.0684. The monoisotopic (exact) mass is 651 g/mol. The third kappa shape index (κ3) is 5.29. The van der Waals surface area contributed by atoms with Crippen LogP contribution < -0.4 is 20.1 Å². The Morgan fingerprint density at radius 1 is 1.00 bits per heavy atom. The Hall–Kier alpha value is -5.05. The highest BCUT2D eigenvalue weighted by molar-refractivity contribution is 7.92. The van der Waals surface area contributed by atoms with Crippen LogP contribution in [0.5, 0.6) is 5.75 Å². The number of halogens is 3. The van der Waals surface area contributed by atoms with Crippen LogP contribution in [0, 0.1) is 17.5 Å². The first-order chi connectivity index (χ1) is 21.8. The molecule has 0 radical (unpaired) electrons. The normalized spacial score (nSPS) is 12.6. The molecule has 0 fully saturated rings. The van der Waals surface area contributed by atoms with Crippen molar-refractivity contribution in [2.24, 2.45) is 0 Å². The molecule has 6 rings (SSSR count). The summed E-state index contributed by atoms with van der Waals surface area (Å²) < 4.78 is 82.3. The molecule has 4 N–H and O–H groups in total. The molecule has 10 nitrogen and oxygen atoms in total. The lowest BCUT2D eigenvalue weighted by Crippen LogP contribution is -2.25. The van der Waals surface area contributed by atoms with Crippen molar-refractivity contribution < 1.29 is 35.8 Å². The highest BCUT2D eigenvalue weighted by Crippen LogP contribution is 2.45. The van der Waals surface area contributed by atoms with Gasteiger partial charge >= 0.3 is 0 Å². The Bertz CT molecular complexity index is 2230. The molecule has 4 aromatic carbocycles. The van der Waals surface area contributed by atoms with E-state index in [4.69, 9.17) is 14.9 Å². The summed E-state index contributed by atoms with van der Waals surface area (Å²) in [6, 6.07) is 14.9. The lowest BCUT2D eigenvalue weighted by molar-refractivity contribution is 0.150. The number of aromatic nitrogens is 2. The summed E-state index contributed by atoms with van der Waals surface area (Å²) in [5, 5.41) is 14.3. The van der Waals surface area contributed by atoms with E-state index in [0.29, 0.717) is 38.7 Å². The van der Waals surface area contributed by atoms with Gasteiger partial charge in [-0.25, -0.2) is 26.6 Å². The highest BCUT2D eigenvalue weighted by Gasteiger charge is 2.27. The molecule has 0 saturated heterocycles. The van der Waals surface area contributed by atoms with Gasteiger partial charge in [0, 0.05) is 41.3 Å². The molecular weight excluding hydrogens is 623 g/mol. The van der Waals surface area contributed by atoms with E-state index in [9.17, 15) is 26.7 Å². The minimum Gasteiger partial charge on any atom is -0.494 e. The molecule has 2 heterocycles. The predicted molar refractivity (Wildman–Crippen MR) is 170 cm³/mol. The Balaban J connectivity index is 1.70. The first-order valence-electron chi connectivity index (χ1n) is 13.8. The number of anilines is 2. The van der Waals surface area contributed by atoms with Gasteiger partial charge in [0.2, 0.25) is 16.0 Å². The SMILES string of the molecule is CNC(O)c1c(-c2ccc(F)cc2)oc2cc(N(C)S(C)(=O)=O)c(-c3cc(OC)c4nc(N)n(-c5cc(F)cc(F)c5)c4c3)cc12. The number of sulfonamides is 1. The van der Waals surface area contributed by atoms with E-state index in [1.807, 2.05) is 0 Å². The van der Waals surface area contributed by atoms with Gasteiger partial charge in [0.1, 0.15) is 46.3 Å². The second-order valence-corrected chi connectivity index (χ2v) is 12.6. The average molecular weight is 652 g/mol. The number of nitrogens with two attached hydrogens (primary N) is 1. The molecule has 14 heteroatoms. The summed E-state index contributed by atoms with van der Waals surface area (Å²) >= 11 is 0. The van der Waals surface area contributed by atoms with Crippen LogP contribution in [0.4, 0.5) is 24.8 Å². The summed E-state index contributed by atoms with van der Waals surface area (Å²) in [7, 11) is 0.518. The van der Waals surface area contributed by atoms with Crippen LogP contribution >= 0.6 is 0 Å². The van der Waals surface area contributed by atoms with Crippen molar-refractivity contribution in [2.45, 2.75) is 6.23 Å². The number of aliphatic hydroxyl groups excluding tert-OH is 1. The van der Waals surface area contributed by atoms with Crippen LogP contribution in [0.2, 0.25) is 0 Å². The maximum atomic E-state index is 14.3. The maximum absolute atomic E-state index is 14.3. The van der Waals surface area contributed by atoms with E-state index in [0.717, 1.165) is 28.8 Å². The summed E-state index contributed by atoms with van der Waals surface area (Å²) in [6.45, 7) is 0. The lowest BCUT2D eigenvalue weighted by atomic mass is 9.97. The number of ether oxygens (including phenoxy) is 1. The van der Waals surface area contributed by atoms with Crippen molar-refractivity contribution in [2.75, 3.05) is 37.5 Å². The zero-order valence-corrected chi connectivity index (χ0v) is 25.8. The number of furan rings is 1. The fraction of sp³-hybridized carbons (Fsp3) is 0.156. The van der Waals surface area contributed by atoms with Crippen molar-refractivity contribution in [3.63, 3.8) is 0 Å². The zero-order valence-electron chi connectivity index (χ0n) is 25.0. The van der Waals surface area contributed by atoms with E-state index in [1.165, 1.54) is 49.1 Å². The van der Waals surface area contributed by atoms with Crippen molar-refractivity contribution in [1.29, 1.82) is 0 Å². The van der Waals surface area contributed by atoms with E-state index < -0.39 is 33.7 Å². The third-order valence-corrected chi connectivity index (χ3v) is 8.91. The topological polar surface area (TPSA) is 136 Å². The van der Waals surface area contributed by atoms with E-state index >= 15 is 0 Å². The molecule has 0 aliphatic heterocycles. The maximum Gasteiger partial charge on any atom is 0.232 e. The average Bonchev–Trinajstić information content (AvgIpc) is 3.55. The number of nitrogens with one attached hydrogen (secondary N) is 1. The zero-order chi connectivity index (χ0) is 33.1. The molecule has 6 aromatic rings. The molecule has 238 valence electrons. The number of fused-ring (bicyclic) bond motifs is 2. The quantitative estimate of drug-likeness (QED) is 0.178. The highest BCUT2D eigenvalue weighted by atomic mass is 32.2. The molecule has 0 bridgehead atoms. The Morgan fingerprint density at radius 2 is 1.67 bits per heavy atom. The van der Waals surface area contributed by atoms with Crippen LogP contribution in [0.3, 0.4) is 0 Å². The number of hydrogen-bond acceptors (Lipinski definition) is 8. The van der Waals surface area contributed by atoms with Crippen molar-refractivity contribution in [1.82, 2.24) is 14.9 Å². The van der Waals surface area contributed by atoms with Gasteiger partial charge in [-0.2, -0.15) is 0 Å². The van der Waals surface area contributed by atoms with Crippen molar-refractivity contribution >= 4 is 43.7 Å². The smallest absolute Gasteiger partial charge is 0.232 e. The lowest BCUT2D eigenvalue weighted by Gasteiger charge is -2.21. The Labute approximate surface area is 261 Å². The summed E-state index contributed by atoms with van der Waals surface area (Å²) in [4.78, 5) is 4.37. The molecule has 0 amide bonds. The molecule has 1 unspecified atom stereocenters. The number of imidazole rings is 1. The minimum atomic E-state index is -3.81. The Kier molecular flexibility index (Phi) is 7.66. The molecule has 1 atom stereocenters. The van der Waals surface area contributed by atoms with Gasteiger partial charge in [-0.15, -0.1) is 0 Å². The number of hydrogen-bond donors (Lipinski definition) is 3. The summed E-state index contributed by atoms with van der Waals surface area (Å²) in [5.41, 5.74) is 8.97. The van der Waals surface area contributed by atoms with Gasteiger partial charge in [0.25, 0.3) is 0 Å². The second-order valence-electron chi connectivity index (χ2n) is 10.6. The number of rotatable bonds is 8. The fourth-order valence-electron chi connectivity index (χ4n) is 5.47. The van der Waals surface area contributed by atoms with Crippen LogP contribution in [-0.2, 0) is 10.0 Å². The standard InChI is InChI=1S/C32H28F3N5O5S/c1-37-31(41)28-23-14-22(24(39(2)46(4,42)43)15-26(23)45-30(28)16-5-7-18(33)8-6-16)17-9-25-29(27(10-17)44-3)38-32(36)40(25)21-12-19(34)11-20(35)13-21/h5-15,31,37,41H,1-4H3,(H2,36,38). The van der Waals surface area contributed by atoms with Crippen molar-refractivity contribution in [3.8, 4) is 33.9 Å². The van der Waals surface area contributed by atoms with Gasteiger partial charge in [-0.05, 0) is 67.2 Å². The number of aliphatic hydroxyl groups is 1. The van der Waals surface area contributed by atoms with Gasteiger partial charge < -0.3 is 20.0 Å². The van der Waals surface area contributed by atoms with Crippen LogP contribution in [0.1, 0.15) is 11.8 Å². The molecule has 46 heavy (non-hydrogen) atoms. The first-order valence-corrected chi connectivity index (χ1v) is 15.6. The van der Waals surface area contributed by atoms with Gasteiger partial charge in [0.15, 0.2) is 0 Å². The predicted octanol–water partition coefficient (Wildman–Crippen LogP) is 5.72. The van der Waals surface area contributed by atoms with Gasteiger partial charge in [-0.3, -0.25) is 14.2 Å². The number of nitrogen functional groups attached to an aromatic ring is 1. The second kappa shape index (κ2) is 11.4. The fourth-order valence-corrected chi connectivity index (χ4v) is 5.98. The van der Waals surface area contributed by atoms with Crippen molar-refractivity contribution in [3.05, 3.63) is 89.7 Å². The van der Waals surface area contributed by atoms with Gasteiger partial charge in [0.05, 0.1) is 30.3 Å². The Morgan fingerprint density at radius 3 is 2.28 bits per heavy atom.